The summed E-state index contributed by atoms with van der Waals surface area (Å²) in [6.45, 7) is 0.556. The minimum atomic E-state index is -2.34. The van der Waals surface area contributed by atoms with E-state index in [9.17, 15) is 0 Å². The summed E-state index contributed by atoms with van der Waals surface area (Å²) in [6, 6.07) is 81.9. The van der Waals surface area contributed by atoms with E-state index >= 15 is 0 Å². The summed E-state index contributed by atoms with van der Waals surface area (Å²) in [4.78, 5) is 5.58. The maximum absolute atomic E-state index is 5.58. The average molecular weight is 774 g/mol. The monoisotopic (exact) mass is 773 g/mol. The van der Waals surface area contributed by atoms with Crippen molar-refractivity contribution in [1.82, 2.24) is 0 Å². The van der Waals surface area contributed by atoms with Crippen LogP contribution >= 0.6 is 6.89 Å². The van der Waals surface area contributed by atoms with Crippen LogP contribution in [-0.2, 0) is 12.0 Å². The number of hydrogen-bond acceptors (Lipinski definition) is 1. The molecule has 0 fully saturated rings. The van der Waals surface area contributed by atoms with Crippen molar-refractivity contribution in [2.24, 2.45) is 4.99 Å². The molecule has 0 aromatic heterocycles. The number of aliphatic imine (C=N–C) groups is 1. The van der Waals surface area contributed by atoms with Gasteiger partial charge in [-0.25, -0.2) is 0 Å². The highest BCUT2D eigenvalue weighted by atomic mass is 31.2. The fraction of sp³-hybridized carbons (Fsp3) is 0.0526. The third kappa shape index (κ3) is 6.22. The largest absolute Gasteiger partial charge is 0.279 e. The van der Waals surface area contributed by atoms with Gasteiger partial charge in [0.05, 0.1) is 17.7 Å². The van der Waals surface area contributed by atoms with E-state index in [0.717, 1.165) is 11.3 Å². The fourth-order valence-corrected chi connectivity index (χ4v) is 12.4. The number of fused-ring (bicyclic) bond motifs is 3. The lowest BCUT2D eigenvalue weighted by atomic mass is 9.67. The standard InChI is InChI=1S/C57H44NP/c1-41-55(53-28-16-17-29-54(53)57(41,48-24-8-4-9-25-48)49-26-10-5-11-27-49)56(58-40-42-18-6-3-7-19-42)45-32-34-50(35-33-45)59(2,51-36-30-43-20-12-14-22-46(43)38-51)52-37-31-44-21-13-15-23-47(44)39-52/h3-39H,2,40H2,1H3. The van der Waals surface area contributed by atoms with Gasteiger partial charge in [-0.2, -0.15) is 0 Å². The van der Waals surface area contributed by atoms with Crippen molar-refractivity contribution in [3.05, 3.63) is 263 Å². The molecule has 2 heteroatoms. The van der Waals surface area contributed by atoms with Crippen LogP contribution in [0, 0.1) is 0 Å². The topological polar surface area (TPSA) is 12.4 Å². The Morgan fingerprint density at radius 2 is 0.932 bits per heavy atom. The Morgan fingerprint density at radius 3 is 1.49 bits per heavy atom. The molecule has 1 aliphatic carbocycles. The van der Waals surface area contributed by atoms with Crippen LogP contribution in [0.25, 0.3) is 27.1 Å². The molecule has 0 unspecified atom stereocenters. The summed E-state index contributed by atoms with van der Waals surface area (Å²) < 4.78 is 0. The molecular weight excluding hydrogens is 730 g/mol. The summed E-state index contributed by atoms with van der Waals surface area (Å²) in [5, 5.41) is 8.68. The van der Waals surface area contributed by atoms with Crippen LogP contribution < -0.4 is 15.9 Å². The molecule has 0 saturated heterocycles. The average Bonchev–Trinajstić information content (AvgIpc) is 3.57. The van der Waals surface area contributed by atoms with Crippen molar-refractivity contribution in [2.45, 2.75) is 18.9 Å². The van der Waals surface area contributed by atoms with E-state index in [2.05, 4.69) is 231 Å². The summed E-state index contributed by atoms with van der Waals surface area (Å²) >= 11 is 0. The van der Waals surface area contributed by atoms with Gasteiger partial charge >= 0.3 is 0 Å². The summed E-state index contributed by atoms with van der Waals surface area (Å²) in [5.74, 6) is 0. The van der Waals surface area contributed by atoms with Gasteiger partial charge in [0.2, 0.25) is 0 Å². The molecule has 1 nitrogen and oxygen atoms in total. The maximum Gasteiger partial charge on any atom is 0.0729 e. The predicted molar refractivity (Wildman–Crippen MR) is 256 cm³/mol. The smallest absolute Gasteiger partial charge is 0.0729 e. The van der Waals surface area contributed by atoms with Crippen LogP contribution in [0.2, 0.25) is 0 Å². The quantitative estimate of drug-likeness (QED) is 0.102. The van der Waals surface area contributed by atoms with E-state index < -0.39 is 12.3 Å². The lowest BCUT2D eigenvalue weighted by Gasteiger charge is -2.34. The first-order chi connectivity index (χ1) is 29.0. The Balaban J connectivity index is 1.18. The predicted octanol–water partition coefficient (Wildman–Crippen LogP) is 12.5. The molecule has 0 atom stereocenters. The van der Waals surface area contributed by atoms with Gasteiger partial charge in [-0.3, -0.25) is 4.99 Å². The van der Waals surface area contributed by atoms with Gasteiger partial charge in [0.25, 0.3) is 0 Å². The lowest BCUT2D eigenvalue weighted by Crippen LogP contribution is -2.29. The van der Waals surface area contributed by atoms with Gasteiger partial charge in [0, 0.05) is 11.1 Å². The molecular formula is C57H44NP. The first kappa shape index (κ1) is 36.5. The van der Waals surface area contributed by atoms with E-state index in [-0.39, 0.29) is 0 Å². The maximum atomic E-state index is 5.58. The molecule has 0 spiro atoms. The van der Waals surface area contributed by atoms with Crippen LogP contribution in [0.5, 0.6) is 0 Å². The van der Waals surface area contributed by atoms with Crippen molar-refractivity contribution in [2.75, 3.05) is 0 Å². The van der Waals surface area contributed by atoms with Gasteiger partial charge in [0.15, 0.2) is 0 Å². The van der Waals surface area contributed by atoms with Gasteiger partial charge in [-0.05, 0) is 96.8 Å². The number of allylic oxidation sites excluding steroid dienone is 2. The fourth-order valence-electron chi connectivity index (χ4n) is 9.43. The summed E-state index contributed by atoms with van der Waals surface area (Å²) in [5.41, 5.74) is 10.3. The molecule has 10 rings (SSSR count). The van der Waals surface area contributed by atoms with E-state index in [1.807, 2.05) is 0 Å². The summed E-state index contributed by atoms with van der Waals surface area (Å²) in [7, 11) is 0. The van der Waals surface area contributed by atoms with Crippen molar-refractivity contribution >= 4 is 61.9 Å². The first-order valence-electron chi connectivity index (χ1n) is 20.4. The molecule has 9 aromatic carbocycles. The SMILES string of the molecule is C=P(c1ccc(C(=NCc2ccccc2)C2=C(C)C(c3ccccc3)(c3ccccc3)c3ccccc32)cc1)(c1ccc2ccccc2c1)c1ccc2ccccc2c1. The summed E-state index contributed by atoms with van der Waals surface area (Å²) in [6.07, 6.45) is 5.22. The molecule has 59 heavy (non-hydrogen) atoms. The Bertz CT molecular complexity index is 2960. The Kier molecular flexibility index (Phi) is 9.40. The molecule has 0 N–H and O–H groups in total. The van der Waals surface area contributed by atoms with E-state index in [4.69, 9.17) is 11.3 Å². The van der Waals surface area contributed by atoms with E-state index in [0.29, 0.717) is 6.54 Å². The normalized spacial score (nSPS) is 13.8. The minimum Gasteiger partial charge on any atom is -0.279 e. The highest BCUT2D eigenvalue weighted by Gasteiger charge is 2.46. The van der Waals surface area contributed by atoms with E-state index in [1.54, 1.807) is 0 Å². The molecule has 0 bridgehead atoms. The van der Waals surface area contributed by atoms with Gasteiger partial charge in [-0.1, -0.05) is 219 Å². The Hall–Kier alpha value is -6.79. The van der Waals surface area contributed by atoms with E-state index in [1.165, 1.54) is 76.4 Å². The van der Waals surface area contributed by atoms with Crippen molar-refractivity contribution < 1.29 is 0 Å². The zero-order chi connectivity index (χ0) is 39.8. The van der Waals surface area contributed by atoms with Crippen LogP contribution in [0.3, 0.4) is 0 Å². The Labute approximate surface area is 347 Å². The second kappa shape index (κ2) is 15.2. The van der Waals surface area contributed by atoms with Crippen molar-refractivity contribution in [1.29, 1.82) is 0 Å². The lowest BCUT2D eigenvalue weighted by molar-refractivity contribution is 0.743. The highest BCUT2D eigenvalue weighted by molar-refractivity contribution is 7.93. The van der Waals surface area contributed by atoms with Gasteiger partial charge < -0.3 is 0 Å². The zero-order valence-corrected chi connectivity index (χ0v) is 34.1. The highest BCUT2D eigenvalue weighted by Crippen LogP contribution is 2.55. The molecule has 9 aromatic rings. The number of nitrogens with zero attached hydrogens (tertiary/aromatic N) is 1. The number of hydrogen-bond donors (Lipinski definition) is 0. The first-order valence-corrected chi connectivity index (χ1v) is 22.4. The molecule has 1 aliphatic rings. The molecule has 0 radical (unpaired) electrons. The van der Waals surface area contributed by atoms with Gasteiger partial charge in [-0.15, -0.1) is 0 Å². The third-order valence-corrected chi connectivity index (χ3v) is 15.9. The minimum absolute atomic E-state index is 0.484. The molecule has 0 saturated carbocycles. The second-order valence-corrected chi connectivity index (χ2v) is 18.8. The van der Waals surface area contributed by atoms with Gasteiger partial charge in [0.1, 0.15) is 0 Å². The van der Waals surface area contributed by atoms with Crippen molar-refractivity contribution in [3.8, 4) is 0 Å². The Morgan fingerprint density at radius 1 is 0.475 bits per heavy atom. The molecule has 0 amide bonds. The van der Waals surface area contributed by atoms with Crippen LogP contribution in [-0.4, -0.2) is 12.0 Å². The van der Waals surface area contributed by atoms with Crippen LogP contribution in [0.15, 0.2) is 235 Å². The van der Waals surface area contributed by atoms with Crippen LogP contribution in [0.4, 0.5) is 0 Å². The third-order valence-electron chi connectivity index (χ3n) is 12.4. The van der Waals surface area contributed by atoms with Crippen LogP contribution in [0.1, 0.15) is 40.3 Å². The molecule has 0 aliphatic heterocycles. The molecule has 282 valence electrons. The molecule has 0 heterocycles. The zero-order valence-electron chi connectivity index (χ0n) is 33.2. The second-order valence-electron chi connectivity index (χ2n) is 15.6. The van der Waals surface area contributed by atoms with Crippen molar-refractivity contribution in [3.63, 3.8) is 0 Å². The number of benzene rings is 9. The number of rotatable bonds is 9.